The van der Waals surface area contributed by atoms with Crippen molar-refractivity contribution in [2.24, 2.45) is 28.6 Å². The average molecular weight is 407 g/mol. The number of hydrogen-bond donors (Lipinski definition) is 1. The van der Waals surface area contributed by atoms with E-state index in [2.05, 4.69) is 6.92 Å². The minimum absolute atomic E-state index is 0.0321. The summed E-state index contributed by atoms with van der Waals surface area (Å²) in [5.74, 6) is -1.04. The van der Waals surface area contributed by atoms with E-state index in [0.717, 1.165) is 25.7 Å². The Balaban J connectivity index is 1.85. The fraction of sp³-hybridized carbons (Fsp3) is 0.870. The van der Waals surface area contributed by atoms with E-state index < -0.39 is 29.1 Å². The third kappa shape index (κ3) is 2.81. The molecule has 0 amide bonds. The van der Waals surface area contributed by atoms with Crippen LogP contribution in [0.2, 0.25) is 0 Å². The summed E-state index contributed by atoms with van der Waals surface area (Å²) in [6, 6.07) is 0. The lowest BCUT2D eigenvalue weighted by Gasteiger charge is -2.64. The first-order valence-corrected chi connectivity index (χ1v) is 11.1. The van der Waals surface area contributed by atoms with Gasteiger partial charge in [-0.1, -0.05) is 26.7 Å². The highest BCUT2D eigenvalue weighted by molar-refractivity contribution is 5.91. The van der Waals surface area contributed by atoms with Crippen LogP contribution in [-0.4, -0.2) is 40.6 Å². The summed E-state index contributed by atoms with van der Waals surface area (Å²) in [6.07, 6.45) is 5.44. The molecule has 0 spiro atoms. The minimum atomic E-state index is -1.64. The molecule has 162 valence electrons. The molecule has 0 unspecified atom stereocenters. The molecule has 4 rings (SSSR count). The zero-order chi connectivity index (χ0) is 21.2. The molecule has 0 radical (unpaired) electrons. The molecule has 0 bridgehead atoms. The molecule has 0 heterocycles. The molecular weight excluding hydrogens is 372 g/mol. The number of esters is 2. The zero-order valence-corrected chi connectivity index (χ0v) is 18.0. The third-order valence-corrected chi connectivity index (χ3v) is 9.10. The number of hydrogen-bond acceptors (Lipinski definition) is 6. The van der Waals surface area contributed by atoms with E-state index >= 15 is 0 Å². The number of aliphatic hydroxyl groups is 1. The molecule has 4 fully saturated rings. The Morgan fingerprint density at radius 3 is 2.38 bits per heavy atom. The smallest absolute Gasteiger partial charge is 0.302 e. The van der Waals surface area contributed by atoms with E-state index in [1.807, 2.05) is 6.92 Å². The second kappa shape index (κ2) is 6.79. The van der Waals surface area contributed by atoms with Crippen LogP contribution in [0.15, 0.2) is 0 Å². The van der Waals surface area contributed by atoms with Gasteiger partial charge >= 0.3 is 11.9 Å². The maximum Gasteiger partial charge on any atom is 0.302 e. The van der Waals surface area contributed by atoms with Gasteiger partial charge in [0.15, 0.2) is 5.78 Å². The van der Waals surface area contributed by atoms with Crippen molar-refractivity contribution in [3.63, 3.8) is 0 Å². The van der Waals surface area contributed by atoms with Crippen molar-refractivity contribution in [2.45, 2.75) is 96.9 Å². The van der Waals surface area contributed by atoms with Gasteiger partial charge in [-0.15, -0.1) is 0 Å². The van der Waals surface area contributed by atoms with Crippen LogP contribution in [0.1, 0.15) is 79.1 Å². The highest BCUT2D eigenvalue weighted by Crippen LogP contribution is 2.67. The fourth-order valence-electron chi connectivity index (χ4n) is 7.63. The summed E-state index contributed by atoms with van der Waals surface area (Å²) in [4.78, 5) is 37.0. The molecule has 1 N–H and O–H groups in total. The summed E-state index contributed by atoms with van der Waals surface area (Å²) in [5, 5.41) is 12.1. The highest BCUT2D eigenvalue weighted by atomic mass is 16.6. The molecule has 0 aromatic heterocycles. The van der Waals surface area contributed by atoms with E-state index in [1.165, 1.54) is 13.8 Å². The van der Waals surface area contributed by atoms with Gasteiger partial charge in [0.1, 0.15) is 17.8 Å². The van der Waals surface area contributed by atoms with Gasteiger partial charge in [0.2, 0.25) is 0 Å². The minimum Gasteiger partial charge on any atom is -0.462 e. The van der Waals surface area contributed by atoms with Crippen LogP contribution in [0.4, 0.5) is 0 Å². The molecule has 4 aliphatic carbocycles. The van der Waals surface area contributed by atoms with Gasteiger partial charge in [-0.05, 0) is 49.4 Å². The van der Waals surface area contributed by atoms with Crippen molar-refractivity contribution < 1.29 is 29.0 Å². The van der Waals surface area contributed by atoms with Crippen LogP contribution in [0.5, 0.6) is 0 Å². The average Bonchev–Trinajstić information content (AvgIpc) is 2.87. The van der Waals surface area contributed by atoms with E-state index in [0.29, 0.717) is 25.2 Å². The third-order valence-electron chi connectivity index (χ3n) is 9.10. The quantitative estimate of drug-likeness (QED) is 0.709. The number of carbonyl (C=O) groups excluding carboxylic acids is 3. The van der Waals surface area contributed by atoms with Crippen LogP contribution >= 0.6 is 0 Å². The lowest BCUT2D eigenvalue weighted by Crippen LogP contribution is -2.71. The number of Topliss-reactive ketones (excluding diaryl/α,β-unsaturated/α-hetero) is 1. The molecule has 4 aliphatic rings. The van der Waals surface area contributed by atoms with Gasteiger partial charge in [-0.25, -0.2) is 0 Å². The monoisotopic (exact) mass is 406 g/mol. The Kier molecular flexibility index (Phi) is 4.88. The van der Waals surface area contributed by atoms with Crippen molar-refractivity contribution in [2.75, 3.05) is 0 Å². The van der Waals surface area contributed by atoms with Gasteiger partial charge < -0.3 is 14.6 Å². The van der Waals surface area contributed by atoms with Gasteiger partial charge in [-0.3, -0.25) is 14.4 Å². The Bertz CT molecular complexity index is 733. The molecule has 0 aromatic carbocycles. The highest BCUT2D eigenvalue weighted by Gasteiger charge is 2.74. The molecule has 6 nitrogen and oxygen atoms in total. The number of carbonyl (C=O) groups is 3. The standard InChI is InChI=1S/C23H34O6/c1-13(24)28-17-11-15-7-5-6-9-21(15,3)16-12-19(29-14(2)25)22(4)10-8-18(26)23(22,27)20(16)17/h15-17,19-20,27H,5-12H2,1-4H3/t15-,16+,17-,19-,20+,21+,22+,23-/m1/s1. The summed E-state index contributed by atoms with van der Waals surface area (Å²) in [7, 11) is 0. The molecule has 6 heteroatoms. The predicted octanol–water partition coefficient (Wildman–Crippen LogP) is 3.19. The van der Waals surface area contributed by atoms with Crippen molar-refractivity contribution in [3.05, 3.63) is 0 Å². The zero-order valence-electron chi connectivity index (χ0n) is 18.0. The molecular formula is C23H34O6. The van der Waals surface area contributed by atoms with E-state index in [9.17, 15) is 19.5 Å². The topological polar surface area (TPSA) is 89.9 Å². The molecule has 29 heavy (non-hydrogen) atoms. The van der Waals surface area contributed by atoms with E-state index in [-0.39, 0.29) is 35.5 Å². The lowest BCUT2D eigenvalue weighted by molar-refractivity contribution is -0.260. The van der Waals surface area contributed by atoms with Crippen LogP contribution in [0.25, 0.3) is 0 Å². The first-order chi connectivity index (χ1) is 13.5. The summed E-state index contributed by atoms with van der Waals surface area (Å²) >= 11 is 0. The van der Waals surface area contributed by atoms with Gasteiger partial charge in [-0.2, -0.15) is 0 Å². The van der Waals surface area contributed by atoms with Gasteiger partial charge in [0, 0.05) is 31.6 Å². The van der Waals surface area contributed by atoms with Crippen LogP contribution in [-0.2, 0) is 23.9 Å². The summed E-state index contributed by atoms with van der Waals surface area (Å²) in [5.41, 5.74) is -2.55. The normalized spacial score (nSPS) is 48.9. The van der Waals surface area contributed by atoms with Gasteiger partial charge in [0.05, 0.1) is 0 Å². The van der Waals surface area contributed by atoms with Crippen LogP contribution < -0.4 is 0 Å². The maximum atomic E-state index is 13.2. The lowest BCUT2D eigenvalue weighted by atomic mass is 9.42. The Hall–Kier alpha value is -1.43. The maximum absolute atomic E-state index is 13.2. The number of ketones is 1. The van der Waals surface area contributed by atoms with E-state index in [4.69, 9.17) is 9.47 Å². The molecule has 0 saturated heterocycles. The largest absolute Gasteiger partial charge is 0.462 e. The number of rotatable bonds is 2. The van der Waals surface area contributed by atoms with Crippen LogP contribution in [0, 0.1) is 28.6 Å². The first kappa shape index (κ1) is 20.8. The second-order valence-electron chi connectivity index (χ2n) is 10.4. The van der Waals surface area contributed by atoms with E-state index in [1.54, 1.807) is 0 Å². The van der Waals surface area contributed by atoms with Crippen molar-refractivity contribution in [1.82, 2.24) is 0 Å². The van der Waals surface area contributed by atoms with Crippen LogP contribution in [0.3, 0.4) is 0 Å². The fourth-order valence-corrected chi connectivity index (χ4v) is 7.63. The first-order valence-electron chi connectivity index (χ1n) is 11.1. The Morgan fingerprint density at radius 1 is 1.03 bits per heavy atom. The molecule has 0 aliphatic heterocycles. The van der Waals surface area contributed by atoms with Crippen molar-refractivity contribution >= 4 is 17.7 Å². The predicted molar refractivity (Wildman–Crippen MR) is 105 cm³/mol. The molecule has 0 aromatic rings. The van der Waals surface area contributed by atoms with Gasteiger partial charge in [0.25, 0.3) is 0 Å². The molecule has 4 saturated carbocycles. The Morgan fingerprint density at radius 2 is 1.72 bits per heavy atom. The number of fused-ring (bicyclic) bond motifs is 5. The second-order valence-corrected chi connectivity index (χ2v) is 10.4. The SMILES string of the molecule is CC(=O)O[C@@H]1C[C@H]2CCCC[C@]2(C)[C@H]2C[C@@H](OC(C)=O)[C@]3(C)CCC(=O)[C@@]3(O)[C@H]12. The Labute approximate surface area is 172 Å². The van der Waals surface area contributed by atoms with Crippen molar-refractivity contribution in [1.29, 1.82) is 0 Å². The summed E-state index contributed by atoms with van der Waals surface area (Å²) in [6.45, 7) is 6.93. The van der Waals surface area contributed by atoms with Crippen molar-refractivity contribution in [3.8, 4) is 0 Å². The number of ether oxygens (including phenoxy) is 2. The molecule has 8 atom stereocenters. The summed E-state index contributed by atoms with van der Waals surface area (Å²) < 4.78 is 11.5.